The fraction of sp³-hybridized carbons (Fsp3) is 0.278. The summed E-state index contributed by atoms with van der Waals surface area (Å²) < 4.78 is 51.8. The number of hydrogen-bond acceptors (Lipinski definition) is 0. The molecule has 0 N–H and O–H groups in total. The van der Waals surface area contributed by atoms with E-state index in [1.54, 1.807) is 12.1 Å². The largest absolute Gasteiger partial charge is 0.416 e. The van der Waals surface area contributed by atoms with E-state index in [0.717, 1.165) is 42.5 Å². The molecule has 1 aliphatic carbocycles. The van der Waals surface area contributed by atoms with Crippen molar-refractivity contribution in [2.24, 2.45) is 0 Å². The van der Waals surface area contributed by atoms with Crippen LogP contribution < -0.4 is 0 Å². The second-order valence-corrected chi connectivity index (χ2v) is 5.63. The zero-order valence-electron chi connectivity index (χ0n) is 11.8. The van der Waals surface area contributed by atoms with Gasteiger partial charge in [0.25, 0.3) is 0 Å². The first kappa shape index (κ1) is 15.1. The molecule has 1 radical (unpaired) electrons. The summed E-state index contributed by atoms with van der Waals surface area (Å²) >= 11 is 0. The smallest absolute Gasteiger partial charge is 0.207 e. The molecule has 0 spiro atoms. The monoisotopic (exact) mass is 307 g/mol. The van der Waals surface area contributed by atoms with Crippen LogP contribution in [0.4, 0.5) is 17.6 Å². The van der Waals surface area contributed by atoms with Crippen LogP contribution in [-0.2, 0) is 12.6 Å². The van der Waals surface area contributed by atoms with E-state index < -0.39 is 11.7 Å². The SMILES string of the molecule is Fc1ccc2c(c1)[C@H]([CH]c1cccc(C(F)(F)F)c1)CCC2. The van der Waals surface area contributed by atoms with Crippen LogP contribution in [0.5, 0.6) is 0 Å². The van der Waals surface area contributed by atoms with Crippen molar-refractivity contribution in [3.8, 4) is 0 Å². The first-order valence-corrected chi connectivity index (χ1v) is 7.24. The van der Waals surface area contributed by atoms with Crippen molar-refractivity contribution in [1.29, 1.82) is 0 Å². The van der Waals surface area contributed by atoms with E-state index in [-0.39, 0.29) is 11.7 Å². The predicted molar refractivity (Wildman–Crippen MR) is 76.9 cm³/mol. The summed E-state index contributed by atoms with van der Waals surface area (Å²) in [7, 11) is 0. The van der Waals surface area contributed by atoms with E-state index in [1.165, 1.54) is 18.2 Å². The van der Waals surface area contributed by atoms with Gasteiger partial charge in [-0.1, -0.05) is 24.3 Å². The lowest BCUT2D eigenvalue weighted by Crippen LogP contribution is -2.12. The van der Waals surface area contributed by atoms with Gasteiger partial charge >= 0.3 is 6.18 Å². The predicted octanol–water partition coefficient (Wildman–Crippen LogP) is 5.52. The number of rotatable bonds is 2. The second-order valence-electron chi connectivity index (χ2n) is 5.63. The molecule has 0 aromatic heterocycles. The minimum Gasteiger partial charge on any atom is -0.207 e. The molecular formula is C18H15F4. The summed E-state index contributed by atoms with van der Waals surface area (Å²) in [5.41, 5.74) is 1.85. The van der Waals surface area contributed by atoms with Crippen LogP contribution in [0.3, 0.4) is 0 Å². The average Bonchev–Trinajstić information content (AvgIpc) is 2.47. The lowest BCUT2D eigenvalue weighted by Gasteiger charge is -2.25. The standard InChI is InChI=1S/C18H15F4/c19-16-8-7-13-4-2-5-14(17(13)11-16)9-12-3-1-6-15(10-12)18(20,21)22/h1,3,6-11,14H,2,4-5H2/t14-/m0/s1. The van der Waals surface area contributed by atoms with Crippen LogP contribution in [0.25, 0.3) is 0 Å². The van der Waals surface area contributed by atoms with Crippen molar-refractivity contribution < 1.29 is 17.6 Å². The third-order valence-electron chi connectivity index (χ3n) is 4.08. The molecule has 0 fully saturated rings. The van der Waals surface area contributed by atoms with Gasteiger partial charge in [-0.3, -0.25) is 0 Å². The molecule has 2 aromatic carbocycles. The molecule has 1 atom stereocenters. The molecule has 0 aliphatic heterocycles. The van der Waals surface area contributed by atoms with Crippen molar-refractivity contribution >= 4 is 0 Å². The summed E-state index contributed by atoms with van der Waals surface area (Å²) in [6, 6.07) is 9.98. The highest BCUT2D eigenvalue weighted by atomic mass is 19.4. The molecule has 1 aliphatic rings. The Balaban J connectivity index is 1.88. The van der Waals surface area contributed by atoms with Crippen LogP contribution in [0.1, 0.15) is 41.0 Å². The van der Waals surface area contributed by atoms with Crippen molar-refractivity contribution in [2.45, 2.75) is 31.4 Å². The molecule has 0 bridgehead atoms. The molecule has 0 nitrogen and oxygen atoms in total. The fourth-order valence-electron chi connectivity index (χ4n) is 3.03. The van der Waals surface area contributed by atoms with Gasteiger partial charge in [0.1, 0.15) is 5.82 Å². The van der Waals surface area contributed by atoms with E-state index in [2.05, 4.69) is 0 Å². The Kier molecular flexibility index (Phi) is 3.94. The van der Waals surface area contributed by atoms with Crippen molar-refractivity contribution in [3.63, 3.8) is 0 Å². The Morgan fingerprint density at radius 2 is 1.86 bits per heavy atom. The molecule has 0 saturated carbocycles. The zero-order valence-corrected chi connectivity index (χ0v) is 11.8. The van der Waals surface area contributed by atoms with Gasteiger partial charge in [-0.15, -0.1) is 0 Å². The second kappa shape index (κ2) is 5.75. The van der Waals surface area contributed by atoms with Crippen LogP contribution in [0.2, 0.25) is 0 Å². The molecule has 0 amide bonds. The van der Waals surface area contributed by atoms with Gasteiger partial charge in [0.05, 0.1) is 5.56 Å². The molecule has 115 valence electrons. The highest BCUT2D eigenvalue weighted by molar-refractivity contribution is 5.40. The summed E-state index contributed by atoms with van der Waals surface area (Å²) in [5, 5.41) is 0. The van der Waals surface area contributed by atoms with E-state index in [4.69, 9.17) is 0 Å². The molecule has 2 aromatic rings. The lowest BCUT2D eigenvalue weighted by molar-refractivity contribution is -0.137. The normalized spacial score (nSPS) is 18.1. The quantitative estimate of drug-likeness (QED) is 0.641. The third-order valence-corrected chi connectivity index (χ3v) is 4.08. The summed E-state index contributed by atoms with van der Waals surface area (Å²) in [6.07, 6.45) is 0.140. The molecule has 3 rings (SSSR count). The van der Waals surface area contributed by atoms with E-state index in [9.17, 15) is 17.6 Å². The van der Waals surface area contributed by atoms with Gasteiger partial charge in [-0.05, 0) is 66.5 Å². The minimum absolute atomic E-state index is 0.0390. The van der Waals surface area contributed by atoms with Crippen LogP contribution in [-0.4, -0.2) is 0 Å². The average molecular weight is 307 g/mol. The van der Waals surface area contributed by atoms with Crippen molar-refractivity contribution in [1.82, 2.24) is 0 Å². The van der Waals surface area contributed by atoms with Gasteiger partial charge in [0, 0.05) is 0 Å². The molecule has 0 heterocycles. The molecule has 4 heteroatoms. The lowest BCUT2D eigenvalue weighted by atomic mass is 9.79. The maximum atomic E-state index is 13.5. The Hall–Kier alpha value is -1.84. The van der Waals surface area contributed by atoms with Crippen LogP contribution >= 0.6 is 0 Å². The topological polar surface area (TPSA) is 0 Å². The van der Waals surface area contributed by atoms with Gasteiger partial charge in [0.15, 0.2) is 0 Å². The first-order chi connectivity index (χ1) is 10.4. The van der Waals surface area contributed by atoms with Crippen molar-refractivity contribution in [2.75, 3.05) is 0 Å². The first-order valence-electron chi connectivity index (χ1n) is 7.24. The van der Waals surface area contributed by atoms with Gasteiger partial charge < -0.3 is 0 Å². The molecule has 22 heavy (non-hydrogen) atoms. The Morgan fingerprint density at radius 3 is 2.64 bits per heavy atom. The number of aryl methyl sites for hydroxylation is 1. The number of hydrogen-bond donors (Lipinski definition) is 0. The van der Waals surface area contributed by atoms with Crippen LogP contribution in [0, 0.1) is 12.2 Å². The summed E-state index contributed by atoms with van der Waals surface area (Å²) in [4.78, 5) is 0. The fourth-order valence-corrected chi connectivity index (χ4v) is 3.03. The molecule has 0 unspecified atom stereocenters. The zero-order chi connectivity index (χ0) is 15.7. The van der Waals surface area contributed by atoms with Gasteiger partial charge in [0.2, 0.25) is 0 Å². The number of benzene rings is 2. The Bertz CT molecular complexity index is 673. The molecular weight excluding hydrogens is 292 g/mol. The summed E-state index contributed by atoms with van der Waals surface area (Å²) in [6.45, 7) is 0. The minimum atomic E-state index is -4.35. The van der Waals surface area contributed by atoms with Crippen molar-refractivity contribution in [3.05, 3.63) is 77.0 Å². The summed E-state index contributed by atoms with van der Waals surface area (Å²) in [5.74, 6) is -0.342. The van der Waals surface area contributed by atoms with Crippen LogP contribution in [0.15, 0.2) is 42.5 Å². The Labute approximate surface area is 126 Å². The third kappa shape index (κ3) is 3.16. The highest BCUT2D eigenvalue weighted by Gasteiger charge is 2.30. The maximum Gasteiger partial charge on any atom is 0.416 e. The van der Waals surface area contributed by atoms with E-state index >= 15 is 0 Å². The van der Waals surface area contributed by atoms with E-state index in [1.807, 2.05) is 6.42 Å². The number of halogens is 4. The highest BCUT2D eigenvalue weighted by Crippen LogP contribution is 2.37. The Morgan fingerprint density at radius 1 is 1.05 bits per heavy atom. The number of alkyl halides is 3. The number of fused-ring (bicyclic) bond motifs is 1. The maximum absolute atomic E-state index is 13.5. The molecule has 0 saturated heterocycles. The van der Waals surface area contributed by atoms with Gasteiger partial charge in [-0.2, -0.15) is 13.2 Å². The van der Waals surface area contributed by atoms with E-state index in [0.29, 0.717) is 5.56 Å². The van der Waals surface area contributed by atoms with Gasteiger partial charge in [-0.25, -0.2) is 4.39 Å².